The van der Waals surface area contributed by atoms with Gasteiger partial charge >= 0.3 is 0 Å². The molecule has 6 heteroatoms. The van der Waals surface area contributed by atoms with E-state index in [0.29, 0.717) is 31.3 Å². The first-order valence-electron chi connectivity index (χ1n) is 6.85. The quantitative estimate of drug-likeness (QED) is 0.699. The maximum absolute atomic E-state index is 5.64. The van der Waals surface area contributed by atoms with E-state index in [-0.39, 0.29) is 12.1 Å². The van der Waals surface area contributed by atoms with Gasteiger partial charge in [0.1, 0.15) is 6.10 Å². The summed E-state index contributed by atoms with van der Waals surface area (Å²) in [5.74, 6) is 1.26. The van der Waals surface area contributed by atoms with Crippen molar-refractivity contribution in [2.75, 3.05) is 27.4 Å². The topological polar surface area (TPSA) is 69.4 Å². The largest absolute Gasteiger partial charge is 0.383 e. The van der Waals surface area contributed by atoms with Crippen molar-refractivity contribution >= 4 is 0 Å². The van der Waals surface area contributed by atoms with E-state index >= 15 is 0 Å². The normalized spacial score (nSPS) is 14.5. The van der Waals surface area contributed by atoms with Gasteiger partial charge in [-0.25, -0.2) is 0 Å². The van der Waals surface area contributed by atoms with Crippen LogP contribution in [0.15, 0.2) is 4.52 Å². The summed E-state index contributed by atoms with van der Waals surface area (Å²) < 4.78 is 16.0. The molecule has 1 rings (SSSR count). The van der Waals surface area contributed by atoms with E-state index in [1.54, 1.807) is 7.11 Å². The number of hydrogen-bond donors (Lipinski definition) is 1. The number of ether oxygens (including phenoxy) is 2. The number of likely N-dealkylation sites (N-methyl/N-ethyl adjacent to an activating group) is 1. The number of rotatable bonds is 10. The minimum absolute atomic E-state index is 0.0667. The van der Waals surface area contributed by atoms with Crippen molar-refractivity contribution in [2.24, 2.45) is 0 Å². The summed E-state index contributed by atoms with van der Waals surface area (Å²) in [4.78, 5) is 4.42. The minimum Gasteiger partial charge on any atom is -0.383 e. The lowest BCUT2D eigenvalue weighted by atomic mass is 10.2. The highest BCUT2D eigenvalue weighted by atomic mass is 16.5. The highest BCUT2D eigenvalue weighted by Gasteiger charge is 2.19. The molecule has 0 saturated carbocycles. The third-order valence-corrected chi connectivity index (χ3v) is 2.89. The second-order valence-corrected chi connectivity index (χ2v) is 4.42. The molecule has 1 aromatic rings. The van der Waals surface area contributed by atoms with Gasteiger partial charge in [-0.3, -0.25) is 0 Å². The zero-order valence-corrected chi connectivity index (χ0v) is 12.3. The van der Waals surface area contributed by atoms with Gasteiger partial charge in [0.15, 0.2) is 0 Å². The van der Waals surface area contributed by atoms with E-state index in [4.69, 9.17) is 14.0 Å². The molecule has 1 N–H and O–H groups in total. The molecule has 2 unspecified atom stereocenters. The van der Waals surface area contributed by atoms with E-state index in [1.165, 1.54) is 0 Å². The lowest BCUT2D eigenvalue weighted by Gasteiger charge is -2.12. The zero-order valence-electron chi connectivity index (χ0n) is 12.3. The predicted octanol–water partition coefficient (Wildman–Crippen LogP) is 1.72. The average molecular weight is 271 g/mol. The maximum Gasteiger partial charge on any atom is 0.228 e. The second-order valence-electron chi connectivity index (χ2n) is 4.42. The molecule has 0 fully saturated rings. The van der Waals surface area contributed by atoms with Gasteiger partial charge in [0.05, 0.1) is 6.61 Å². The molecule has 0 aliphatic heterocycles. The number of hydrogen-bond acceptors (Lipinski definition) is 6. The monoisotopic (exact) mass is 271 g/mol. The number of aromatic nitrogens is 2. The molecular formula is C13H25N3O3. The Morgan fingerprint density at radius 1 is 1.37 bits per heavy atom. The van der Waals surface area contributed by atoms with E-state index in [1.807, 2.05) is 14.0 Å². The van der Waals surface area contributed by atoms with Crippen molar-refractivity contribution in [3.8, 4) is 0 Å². The Kier molecular flexibility index (Phi) is 7.62. The lowest BCUT2D eigenvalue weighted by molar-refractivity contribution is 0.0477. The first kappa shape index (κ1) is 16.1. The molecule has 0 aromatic carbocycles. The Morgan fingerprint density at radius 3 is 2.74 bits per heavy atom. The first-order chi connectivity index (χ1) is 9.24. The van der Waals surface area contributed by atoms with Crippen molar-refractivity contribution in [3.63, 3.8) is 0 Å². The second kappa shape index (κ2) is 9.01. The summed E-state index contributed by atoms with van der Waals surface area (Å²) in [6, 6.07) is 0.176. The molecule has 19 heavy (non-hydrogen) atoms. The van der Waals surface area contributed by atoms with E-state index in [0.717, 1.165) is 12.8 Å². The Hall–Kier alpha value is -0.980. The highest BCUT2D eigenvalue weighted by Crippen LogP contribution is 2.20. The van der Waals surface area contributed by atoms with Crippen molar-refractivity contribution in [1.29, 1.82) is 0 Å². The van der Waals surface area contributed by atoms with Crippen LogP contribution in [0.2, 0.25) is 0 Å². The van der Waals surface area contributed by atoms with E-state index in [9.17, 15) is 0 Å². The van der Waals surface area contributed by atoms with Crippen molar-refractivity contribution in [3.05, 3.63) is 11.7 Å². The molecule has 0 radical (unpaired) electrons. The predicted molar refractivity (Wildman–Crippen MR) is 72.0 cm³/mol. The van der Waals surface area contributed by atoms with Gasteiger partial charge in [0.25, 0.3) is 0 Å². The molecule has 1 heterocycles. The molecule has 0 aliphatic carbocycles. The van der Waals surface area contributed by atoms with E-state index in [2.05, 4.69) is 22.4 Å². The molecule has 110 valence electrons. The van der Waals surface area contributed by atoms with Crippen LogP contribution in [0.1, 0.15) is 44.5 Å². The van der Waals surface area contributed by atoms with Crippen molar-refractivity contribution in [1.82, 2.24) is 15.5 Å². The van der Waals surface area contributed by atoms with Crippen molar-refractivity contribution < 1.29 is 14.0 Å². The summed E-state index contributed by atoms with van der Waals surface area (Å²) >= 11 is 0. The summed E-state index contributed by atoms with van der Waals surface area (Å²) in [6.45, 7) is 5.34. The van der Waals surface area contributed by atoms with Gasteiger partial charge in [-0.1, -0.05) is 18.5 Å². The van der Waals surface area contributed by atoms with Gasteiger partial charge in [0, 0.05) is 26.2 Å². The highest BCUT2D eigenvalue weighted by molar-refractivity contribution is 4.93. The summed E-state index contributed by atoms with van der Waals surface area (Å²) in [6.07, 6.45) is 2.52. The standard InChI is InChI=1S/C13H25N3O3/c1-5-7-11(18-6-2)13-15-12(19-16-13)8-10(14-3)9-17-4/h10-11,14H,5-9H2,1-4H3. The van der Waals surface area contributed by atoms with E-state index < -0.39 is 0 Å². The van der Waals surface area contributed by atoms with Crippen LogP contribution >= 0.6 is 0 Å². The molecule has 1 aromatic heterocycles. The van der Waals surface area contributed by atoms with Crippen LogP contribution in [-0.2, 0) is 15.9 Å². The molecule has 0 bridgehead atoms. The van der Waals surface area contributed by atoms with Gasteiger partial charge in [-0.2, -0.15) is 4.98 Å². The SMILES string of the molecule is CCCC(OCC)c1noc(CC(COC)NC)n1. The molecule has 0 amide bonds. The Balaban J connectivity index is 2.63. The third-order valence-electron chi connectivity index (χ3n) is 2.89. The van der Waals surface area contributed by atoms with Crippen LogP contribution in [-0.4, -0.2) is 43.6 Å². The van der Waals surface area contributed by atoms with Gasteiger partial charge in [0.2, 0.25) is 11.7 Å². The Morgan fingerprint density at radius 2 is 2.16 bits per heavy atom. The van der Waals surface area contributed by atoms with Crippen LogP contribution in [0.3, 0.4) is 0 Å². The number of nitrogens with one attached hydrogen (secondary N) is 1. The molecule has 0 aliphatic rings. The maximum atomic E-state index is 5.64. The number of nitrogens with zero attached hydrogens (tertiary/aromatic N) is 2. The van der Waals surface area contributed by atoms with Crippen LogP contribution in [0, 0.1) is 0 Å². The molecule has 6 nitrogen and oxygen atoms in total. The van der Waals surface area contributed by atoms with Gasteiger partial charge in [-0.15, -0.1) is 0 Å². The van der Waals surface area contributed by atoms with Crippen LogP contribution in [0.4, 0.5) is 0 Å². The third kappa shape index (κ3) is 5.26. The minimum atomic E-state index is -0.0667. The molecule has 0 saturated heterocycles. The fraction of sp³-hybridized carbons (Fsp3) is 0.846. The van der Waals surface area contributed by atoms with Crippen molar-refractivity contribution in [2.45, 2.75) is 45.3 Å². The lowest BCUT2D eigenvalue weighted by Crippen LogP contribution is -2.32. The molecule has 2 atom stereocenters. The Labute approximate surface area is 114 Å². The fourth-order valence-electron chi connectivity index (χ4n) is 1.89. The summed E-state index contributed by atoms with van der Waals surface area (Å²) in [5.41, 5.74) is 0. The smallest absolute Gasteiger partial charge is 0.228 e. The molecule has 0 spiro atoms. The van der Waals surface area contributed by atoms with Crippen LogP contribution in [0.25, 0.3) is 0 Å². The van der Waals surface area contributed by atoms with Crippen LogP contribution in [0.5, 0.6) is 0 Å². The Bertz CT molecular complexity index is 338. The average Bonchev–Trinajstić information content (AvgIpc) is 2.86. The summed E-state index contributed by atoms with van der Waals surface area (Å²) in [7, 11) is 3.57. The fourth-order valence-corrected chi connectivity index (χ4v) is 1.89. The molecular weight excluding hydrogens is 246 g/mol. The summed E-state index contributed by atoms with van der Waals surface area (Å²) in [5, 5.41) is 7.18. The number of methoxy groups -OCH3 is 1. The van der Waals surface area contributed by atoms with Gasteiger partial charge in [-0.05, 0) is 20.4 Å². The van der Waals surface area contributed by atoms with Crippen LogP contribution < -0.4 is 5.32 Å². The zero-order chi connectivity index (χ0) is 14.1. The van der Waals surface area contributed by atoms with Gasteiger partial charge < -0.3 is 19.3 Å². The first-order valence-corrected chi connectivity index (χ1v) is 6.85.